The van der Waals surface area contributed by atoms with E-state index in [-0.39, 0.29) is 18.1 Å². The molecule has 2 amide bonds. The molecule has 0 saturated carbocycles. The molecule has 0 aromatic heterocycles. The number of hydrogen-bond acceptors (Lipinski definition) is 4. The number of carbonyl (C=O) groups is 2. The van der Waals surface area contributed by atoms with Crippen molar-refractivity contribution >= 4 is 27.3 Å². The van der Waals surface area contributed by atoms with Crippen LogP contribution in [0, 0.1) is 13.8 Å². The maximum absolute atomic E-state index is 12.3. The molecular weight excluding hydrogens is 304 g/mol. The SMILES string of the molecule is CC(=O)N[C@@H](CCS(C)(=O)=O)C(=O)Nc1ccc(C)cc1C. The Kier molecular flexibility index (Phi) is 6.11. The van der Waals surface area contributed by atoms with Gasteiger partial charge < -0.3 is 10.6 Å². The monoisotopic (exact) mass is 326 g/mol. The quantitative estimate of drug-likeness (QED) is 0.821. The van der Waals surface area contributed by atoms with Crippen molar-refractivity contribution in [3.05, 3.63) is 29.3 Å². The Balaban J connectivity index is 2.84. The minimum atomic E-state index is -3.21. The number of carbonyl (C=O) groups excluding carboxylic acids is 2. The molecule has 1 aromatic rings. The minimum absolute atomic E-state index is 0.0369. The lowest BCUT2D eigenvalue weighted by molar-refractivity contribution is -0.125. The highest BCUT2D eigenvalue weighted by Crippen LogP contribution is 2.16. The first-order valence-electron chi connectivity index (χ1n) is 6.91. The Hall–Kier alpha value is -1.89. The summed E-state index contributed by atoms with van der Waals surface area (Å²) < 4.78 is 22.5. The Morgan fingerprint density at radius 2 is 1.86 bits per heavy atom. The predicted molar refractivity (Wildman–Crippen MR) is 86.5 cm³/mol. The molecule has 22 heavy (non-hydrogen) atoms. The molecule has 0 heterocycles. The molecule has 0 aliphatic rings. The van der Waals surface area contributed by atoms with Crippen LogP contribution in [0.3, 0.4) is 0 Å². The Morgan fingerprint density at radius 3 is 2.36 bits per heavy atom. The molecule has 0 aliphatic carbocycles. The Labute approximate surface area is 131 Å². The summed E-state index contributed by atoms with van der Waals surface area (Å²) in [4.78, 5) is 23.5. The van der Waals surface area contributed by atoms with Crippen LogP contribution in [0.15, 0.2) is 18.2 Å². The first-order chi connectivity index (χ1) is 10.1. The molecule has 0 saturated heterocycles. The molecule has 0 radical (unpaired) electrons. The zero-order valence-corrected chi connectivity index (χ0v) is 14.1. The summed E-state index contributed by atoms with van der Waals surface area (Å²) in [6, 6.07) is 4.70. The van der Waals surface area contributed by atoms with Gasteiger partial charge in [0.1, 0.15) is 15.9 Å². The van der Waals surface area contributed by atoms with Crippen LogP contribution in [0.2, 0.25) is 0 Å². The summed E-state index contributed by atoms with van der Waals surface area (Å²) in [5.41, 5.74) is 2.62. The van der Waals surface area contributed by atoms with Crippen LogP contribution in [0.1, 0.15) is 24.5 Å². The Bertz CT molecular complexity index is 668. The number of benzene rings is 1. The van der Waals surface area contributed by atoms with Crippen molar-refractivity contribution in [3.63, 3.8) is 0 Å². The third kappa shape index (κ3) is 6.26. The highest BCUT2D eigenvalue weighted by molar-refractivity contribution is 7.90. The maximum atomic E-state index is 12.3. The van der Waals surface area contributed by atoms with Crippen LogP contribution < -0.4 is 10.6 Å². The van der Waals surface area contributed by atoms with Crippen molar-refractivity contribution in [2.45, 2.75) is 33.2 Å². The van der Waals surface area contributed by atoms with Gasteiger partial charge in [0.05, 0.1) is 5.75 Å². The lowest BCUT2D eigenvalue weighted by atomic mass is 10.1. The maximum Gasteiger partial charge on any atom is 0.246 e. The van der Waals surface area contributed by atoms with Gasteiger partial charge in [0.25, 0.3) is 0 Å². The molecule has 0 spiro atoms. The van der Waals surface area contributed by atoms with Crippen LogP contribution >= 0.6 is 0 Å². The molecule has 1 aromatic carbocycles. The van der Waals surface area contributed by atoms with Crippen molar-refractivity contribution in [1.29, 1.82) is 0 Å². The van der Waals surface area contributed by atoms with Gasteiger partial charge in [-0.1, -0.05) is 17.7 Å². The smallest absolute Gasteiger partial charge is 0.246 e. The molecule has 122 valence electrons. The van der Waals surface area contributed by atoms with Crippen LogP contribution in [-0.2, 0) is 19.4 Å². The molecule has 0 bridgehead atoms. The van der Waals surface area contributed by atoms with Gasteiger partial charge in [0.2, 0.25) is 11.8 Å². The number of anilines is 1. The zero-order valence-electron chi connectivity index (χ0n) is 13.3. The average Bonchev–Trinajstić information content (AvgIpc) is 2.36. The number of aryl methyl sites for hydroxylation is 2. The molecule has 1 rings (SSSR count). The van der Waals surface area contributed by atoms with E-state index >= 15 is 0 Å². The molecule has 2 N–H and O–H groups in total. The van der Waals surface area contributed by atoms with Crippen molar-refractivity contribution in [3.8, 4) is 0 Å². The molecule has 6 nitrogen and oxygen atoms in total. The molecule has 7 heteroatoms. The van der Waals surface area contributed by atoms with Gasteiger partial charge in [-0.3, -0.25) is 9.59 Å². The standard InChI is InChI=1S/C15H22N2O4S/c1-10-5-6-13(11(2)9-10)17-15(19)14(16-12(3)18)7-8-22(4,20)21/h5-6,9,14H,7-8H2,1-4H3,(H,16,18)(H,17,19)/t14-/m0/s1. The van der Waals surface area contributed by atoms with E-state index in [0.29, 0.717) is 5.69 Å². The highest BCUT2D eigenvalue weighted by atomic mass is 32.2. The number of hydrogen-bond donors (Lipinski definition) is 2. The van der Waals surface area contributed by atoms with Crippen LogP contribution in [0.4, 0.5) is 5.69 Å². The van der Waals surface area contributed by atoms with Gasteiger partial charge >= 0.3 is 0 Å². The van der Waals surface area contributed by atoms with E-state index in [4.69, 9.17) is 0 Å². The fourth-order valence-electron chi connectivity index (χ4n) is 2.02. The molecule has 0 aliphatic heterocycles. The number of nitrogens with one attached hydrogen (secondary N) is 2. The van der Waals surface area contributed by atoms with Crippen molar-refractivity contribution < 1.29 is 18.0 Å². The summed E-state index contributed by atoms with van der Waals surface area (Å²) in [5, 5.41) is 5.22. The normalized spacial score (nSPS) is 12.5. The van der Waals surface area contributed by atoms with Crippen LogP contribution in [0.5, 0.6) is 0 Å². The van der Waals surface area contributed by atoms with Crippen molar-refractivity contribution in [2.75, 3.05) is 17.3 Å². The zero-order chi connectivity index (χ0) is 16.9. The van der Waals surface area contributed by atoms with Gasteiger partial charge in [-0.15, -0.1) is 0 Å². The van der Waals surface area contributed by atoms with E-state index in [0.717, 1.165) is 17.4 Å². The van der Waals surface area contributed by atoms with E-state index in [1.165, 1.54) is 6.92 Å². The first-order valence-corrected chi connectivity index (χ1v) is 8.97. The minimum Gasteiger partial charge on any atom is -0.345 e. The lowest BCUT2D eigenvalue weighted by Gasteiger charge is -2.18. The third-order valence-corrected chi connectivity index (χ3v) is 4.09. The summed E-state index contributed by atoms with van der Waals surface area (Å²) in [7, 11) is -3.21. The fourth-order valence-corrected chi connectivity index (χ4v) is 2.68. The van der Waals surface area contributed by atoms with E-state index in [1.807, 2.05) is 26.0 Å². The van der Waals surface area contributed by atoms with E-state index < -0.39 is 21.8 Å². The average molecular weight is 326 g/mol. The van der Waals surface area contributed by atoms with Crippen molar-refractivity contribution in [1.82, 2.24) is 5.32 Å². The second kappa shape index (κ2) is 7.40. The number of amides is 2. The van der Waals surface area contributed by atoms with Gasteiger partial charge in [-0.2, -0.15) is 0 Å². The first kappa shape index (κ1) is 18.2. The summed E-state index contributed by atoms with van der Waals surface area (Å²) in [6.45, 7) is 5.11. The second-order valence-corrected chi connectivity index (χ2v) is 7.74. The summed E-state index contributed by atoms with van der Waals surface area (Å²) >= 11 is 0. The molecule has 0 fully saturated rings. The van der Waals surface area contributed by atoms with Crippen LogP contribution in [0.25, 0.3) is 0 Å². The van der Waals surface area contributed by atoms with Gasteiger partial charge in [0, 0.05) is 18.9 Å². The molecule has 1 atom stereocenters. The van der Waals surface area contributed by atoms with Gasteiger partial charge in [0.15, 0.2) is 0 Å². The van der Waals surface area contributed by atoms with E-state index in [2.05, 4.69) is 10.6 Å². The Morgan fingerprint density at radius 1 is 1.23 bits per heavy atom. The largest absolute Gasteiger partial charge is 0.345 e. The molecule has 0 unspecified atom stereocenters. The van der Waals surface area contributed by atoms with E-state index in [9.17, 15) is 18.0 Å². The van der Waals surface area contributed by atoms with E-state index in [1.54, 1.807) is 6.07 Å². The topological polar surface area (TPSA) is 92.3 Å². The third-order valence-electron chi connectivity index (χ3n) is 3.11. The number of sulfone groups is 1. The van der Waals surface area contributed by atoms with Gasteiger partial charge in [-0.25, -0.2) is 8.42 Å². The lowest BCUT2D eigenvalue weighted by Crippen LogP contribution is -2.44. The summed E-state index contributed by atoms with van der Waals surface area (Å²) in [5.74, 6) is -0.974. The second-order valence-electron chi connectivity index (χ2n) is 5.48. The van der Waals surface area contributed by atoms with Gasteiger partial charge in [-0.05, 0) is 31.9 Å². The van der Waals surface area contributed by atoms with Crippen molar-refractivity contribution in [2.24, 2.45) is 0 Å². The fraction of sp³-hybridized carbons (Fsp3) is 0.467. The van der Waals surface area contributed by atoms with Crippen LogP contribution in [-0.4, -0.2) is 38.3 Å². The highest BCUT2D eigenvalue weighted by Gasteiger charge is 2.21. The molecular formula is C15H22N2O4S. The summed E-state index contributed by atoms with van der Waals surface area (Å²) in [6.07, 6.45) is 1.13. The number of rotatable bonds is 6. The predicted octanol–water partition coefficient (Wildman–Crippen LogP) is 1.18.